The third kappa shape index (κ3) is 4.05. The van der Waals surface area contributed by atoms with Crippen LogP contribution in [0.15, 0.2) is 35.4 Å². The van der Waals surface area contributed by atoms with Gasteiger partial charge in [-0.2, -0.15) is 0 Å². The fraction of sp³-hybridized carbons (Fsp3) is 0.458. The lowest BCUT2D eigenvalue weighted by molar-refractivity contribution is -0.00671. The Morgan fingerprint density at radius 3 is 2.65 bits per heavy atom. The Bertz CT molecular complexity index is 1270. The number of hydrogen-bond donors (Lipinski definition) is 1. The molecule has 0 saturated carbocycles. The molecule has 34 heavy (non-hydrogen) atoms. The van der Waals surface area contributed by atoms with Crippen LogP contribution in [0.4, 0.5) is 19.0 Å². The average Bonchev–Trinajstić information content (AvgIpc) is 3.26. The lowest BCUT2D eigenvalue weighted by Gasteiger charge is -2.28. The topological polar surface area (TPSA) is 72.3 Å². The summed E-state index contributed by atoms with van der Waals surface area (Å²) in [4.78, 5) is 24.1. The van der Waals surface area contributed by atoms with Gasteiger partial charge in [0.1, 0.15) is 29.2 Å². The second-order valence-corrected chi connectivity index (χ2v) is 8.62. The largest absolute Gasteiger partial charge is 0.372 e. The van der Waals surface area contributed by atoms with Crippen LogP contribution in [-0.2, 0) is 17.4 Å². The van der Waals surface area contributed by atoms with E-state index in [2.05, 4.69) is 27.1 Å². The molecule has 4 rings (SSSR count). The van der Waals surface area contributed by atoms with Crippen LogP contribution in [0.5, 0.6) is 0 Å². The number of aryl methyl sites for hydroxylation is 1. The first-order chi connectivity index (χ1) is 16.2. The van der Waals surface area contributed by atoms with E-state index in [1.54, 1.807) is 27.1 Å². The molecule has 182 valence electrons. The number of methoxy groups -OCH3 is 1. The third-order valence-electron chi connectivity index (χ3n) is 6.76. The van der Waals surface area contributed by atoms with Crippen molar-refractivity contribution in [2.24, 2.45) is 7.05 Å². The maximum absolute atomic E-state index is 14.7. The highest BCUT2D eigenvalue weighted by Gasteiger charge is 2.42. The summed E-state index contributed by atoms with van der Waals surface area (Å²) in [5.74, 6) is -0.583. The Kier molecular flexibility index (Phi) is 6.64. The molecule has 0 bridgehead atoms. The number of ether oxygens (including phenoxy) is 1. The summed E-state index contributed by atoms with van der Waals surface area (Å²) in [6.45, 7) is 5.95. The number of nitrogens with one attached hydrogen (secondary N) is 1. The Morgan fingerprint density at radius 1 is 1.26 bits per heavy atom. The normalized spacial score (nSPS) is 19.8. The molecule has 0 spiro atoms. The number of anilines is 1. The third-order valence-corrected chi connectivity index (χ3v) is 6.76. The molecular weight excluding hydrogens is 447 g/mol. The quantitative estimate of drug-likeness (QED) is 0.554. The molecule has 1 N–H and O–H groups in total. The van der Waals surface area contributed by atoms with E-state index in [0.29, 0.717) is 35.4 Å². The highest BCUT2D eigenvalue weighted by molar-refractivity contribution is 5.87. The molecule has 10 heteroatoms. The molecule has 3 aromatic rings. The molecule has 1 saturated heterocycles. The summed E-state index contributed by atoms with van der Waals surface area (Å²) in [7, 11) is 3.24. The minimum atomic E-state index is -2.91. The fourth-order valence-corrected chi connectivity index (χ4v) is 4.69. The number of alkyl halides is 2. The standard InChI is InChI=1S/C24H28F3N5O2/c1-5-32-10-9-24(12-32,34-4)18-11-17-21(28-13-29-22(17)31(3)23(18)33)30-14(2)15-7-6-8-16(19(15)25)20(26)27/h6-8,11,13-14,20H,5,9-10,12H2,1-4H3,(H,28,29,30)/t14-,24+/m1/s1. The van der Waals surface area contributed by atoms with Crippen LogP contribution < -0.4 is 10.9 Å². The molecule has 1 aliphatic heterocycles. The zero-order chi connectivity index (χ0) is 24.6. The Hall–Kier alpha value is -2.98. The first-order valence-corrected chi connectivity index (χ1v) is 11.2. The molecule has 3 heterocycles. The van der Waals surface area contributed by atoms with E-state index in [1.165, 1.54) is 23.0 Å². The van der Waals surface area contributed by atoms with Gasteiger partial charge in [-0.05, 0) is 26.0 Å². The Morgan fingerprint density at radius 2 is 2.00 bits per heavy atom. The maximum Gasteiger partial charge on any atom is 0.266 e. The molecule has 7 nitrogen and oxygen atoms in total. The Labute approximate surface area is 195 Å². The number of fused-ring (bicyclic) bond motifs is 1. The van der Waals surface area contributed by atoms with Gasteiger partial charge in [0.2, 0.25) is 0 Å². The Balaban J connectivity index is 1.80. The van der Waals surface area contributed by atoms with E-state index in [0.717, 1.165) is 19.2 Å². The minimum Gasteiger partial charge on any atom is -0.372 e. The van der Waals surface area contributed by atoms with Crippen molar-refractivity contribution in [3.05, 3.63) is 63.5 Å². The SMILES string of the molecule is CCN1CC[C@@](OC)(c2cc3c(N[C@H](C)c4cccc(C(F)F)c4F)ncnc3n(C)c2=O)C1. The van der Waals surface area contributed by atoms with Gasteiger partial charge in [-0.3, -0.25) is 9.36 Å². The molecule has 1 aromatic carbocycles. The van der Waals surface area contributed by atoms with Crippen LogP contribution in [-0.4, -0.2) is 46.2 Å². The number of pyridine rings is 1. The second-order valence-electron chi connectivity index (χ2n) is 8.62. The number of aromatic nitrogens is 3. The summed E-state index contributed by atoms with van der Waals surface area (Å²) >= 11 is 0. The van der Waals surface area contributed by atoms with Crippen molar-refractivity contribution in [2.45, 2.75) is 38.3 Å². The zero-order valence-corrected chi connectivity index (χ0v) is 19.6. The number of likely N-dealkylation sites (N-methyl/N-ethyl adjacent to an activating group) is 1. The number of benzene rings is 1. The molecule has 0 aliphatic carbocycles. The van der Waals surface area contributed by atoms with Crippen LogP contribution in [0.25, 0.3) is 11.0 Å². The monoisotopic (exact) mass is 475 g/mol. The molecule has 2 aromatic heterocycles. The summed E-state index contributed by atoms with van der Waals surface area (Å²) in [6.07, 6.45) is -0.942. The average molecular weight is 476 g/mol. The lowest BCUT2D eigenvalue weighted by Crippen LogP contribution is -2.39. The van der Waals surface area contributed by atoms with Crippen LogP contribution in [0.1, 0.15) is 49.4 Å². The molecule has 2 atom stereocenters. The van der Waals surface area contributed by atoms with Gasteiger partial charge in [0.05, 0.1) is 22.6 Å². The van der Waals surface area contributed by atoms with Crippen molar-refractivity contribution in [1.29, 1.82) is 0 Å². The van der Waals surface area contributed by atoms with Crippen LogP contribution in [0.2, 0.25) is 0 Å². The fourth-order valence-electron chi connectivity index (χ4n) is 4.69. The molecule has 0 radical (unpaired) electrons. The van der Waals surface area contributed by atoms with Crippen LogP contribution >= 0.6 is 0 Å². The van der Waals surface area contributed by atoms with E-state index >= 15 is 0 Å². The van der Waals surface area contributed by atoms with Crippen molar-refractivity contribution in [2.75, 3.05) is 32.1 Å². The van der Waals surface area contributed by atoms with Crippen molar-refractivity contribution in [1.82, 2.24) is 19.4 Å². The van der Waals surface area contributed by atoms with Crippen molar-refractivity contribution >= 4 is 16.9 Å². The highest BCUT2D eigenvalue weighted by atomic mass is 19.3. The van der Waals surface area contributed by atoms with Gasteiger partial charge in [0, 0.05) is 32.8 Å². The first kappa shape index (κ1) is 24.2. The predicted molar refractivity (Wildman–Crippen MR) is 124 cm³/mol. The van der Waals surface area contributed by atoms with Gasteiger partial charge in [-0.15, -0.1) is 0 Å². The number of nitrogens with zero attached hydrogens (tertiary/aromatic N) is 4. The van der Waals surface area contributed by atoms with Crippen LogP contribution in [0, 0.1) is 5.82 Å². The van der Waals surface area contributed by atoms with Gasteiger partial charge < -0.3 is 15.0 Å². The summed E-state index contributed by atoms with van der Waals surface area (Å²) in [5, 5.41) is 3.68. The van der Waals surface area contributed by atoms with E-state index in [1.807, 2.05) is 0 Å². The molecule has 1 fully saturated rings. The lowest BCUT2D eigenvalue weighted by atomic mass is 9.92. The van der Waals surface area contributed by atoms with E-state index in [9.17, 15) is 18.0 Å². The number of hydrogen-bond acceptors (Lipinski definition) is 6. The maximum atomic E-state index is 14.7. The van der Waals surface area contributed by atoms with Gasteiger partial charge in [-0.25, -0.2) is 23.1 Å². The van der Waals surface area contributed by atoms with E-state index < -0.39 is 29.4 Å². The highest BCUT2D eigenvalue weighted by Crippen LogP contribution is 2.36. The minimum absolute atomic E-state index is 0.0948. The summed E-state index contributed by atoms with van der Waals surface area (Å²) in [5.41, 5.74) is -0.630. The summed E-state index contributed by atoms with van der Waals surface area (Å²) in [6, 6.07) is 5.00. The van der Waals surface area contributed by atoms with Gasteiger partial charge in [0.15, 0.2) is 0 Å². The molecule has 1 aliphatic rings. The van der Waals surface area contributed by atoms with Gasteiger partial charge in [0.25, 0.3) is 12.0 Å². The second kappa shape index (κ2) is 9.34. The number of halogens is 3. The van der Waals surface area contributed by atoms with Crippen molar-refractivity contribution in [3.8, 4) is 0 Å². The number of rotatable bonds is 7. The zero-order valence-electron chi connectivity index (χ0n) is 19.6. The van der Waals surface area contributed by atoms with Crippen molar-refractivity contribution < 1.29 is 17.9 Å². The van der Waals surface area contributed by atoms with Crippen molar-refractivity contribution in [3.63, 3.8) is 0 Å². The molecular formula is C24H28F3N5O2. The predicted octanol–water partition coefficient (Wildman–Crippen LogP) is 4.15. The number of likely N-dealkylation sites (tertiary alicyclic amines) is 1. The molecule has 0 unspecified atom stereocenters. The van der Waals surface area contributed by atoms with Gasteiger partial charge in [-0.1, -0.05) is 25.1 Å². The first-order valence-electron chi connectivity index (χ1n) is 11.2. The van der Waals surface area contributed by atoms with Gasteiger partial charge >= 0.3 is 0 Å². The van der Waals surface area contributed by atoms with E-state index in [-0.39, 0.29) is 11.1 Å². The molecule has 0 amide bonds. The van der Waals surface area contributed by atoms with E-state index in [4.69, 9.17) is 4.74 Å². The van der Waals surface area contributed by atoms with Crippen LogP contribution in [0.3, 0.4) is 0 Å². The summed E-state index contributed by atoms with van der Waals surface area (Å²) < 4.78 is 48.4. The smallest absolute Gasteiger partial charge is 0.266 e.